The third-order valence-corrected chi connectivity index (χ3v) is 3.02. The molecule has 4 nitrogen and oxygen atoms in total. The first-order chi connectivity index (χ1) is 9.61. The molecule has 0 radical (unpaired) electrons. The van der Waals surface area contributed by atoms with E-state index in [4.69, 9.17) is 4.74 Å². The third kappa shape index (κ3) is 1.77. The summed E-state index contributed by atoms with van der Waals surface area (Å²) >= 11 is 0. The Hall–Kier alpha value is -2.63. The highest BCUT2D eigenvalue weighted by Gasteiger charge is 2.16. The fourth-order valence-electron chi connectivity index (χ4n) is 2.02. The number of rotatable bonds is 2. The second-order valence-electron chi connectivity index (χ2n) is 4.20. The second-order valence-corrected chi connectivity index (χ2v) is 4.20. The van der Waals surface area contributed by atoms with Gasteiger partial charge in [-0.2, -0.15) is 0 Å². The second kappa shape index (κ2) is 4.48. The molecule has 1 heterocycles. The highest BCUT2D eigenvalue weighted by Crippen LogP contribution is 2.36. The van der Waals surface area contributed by atoms with Gasteiger partial charge in [0.2, 0.25) is 0 Å². The van der Waals surface area contributed by atoms with Crippen molar-refractivity contribution in [1.29, 1.82) is 0 Å². The summed E-state index contributed by atoms with van der Waals surface area (Å²) < 4.78 is 31.8. The number of hydrogen-bond donors (Lipinski definition) is 2. The van der Waals surface area contributed by atoms with Gasteiger partial charge in [0.25, 0.3) is 0 Å². The number of aromatic nitrogens is 2. The molecule has 0 fully saturated rings. The lowest BCUT2D eigenvalue weighted by Crippen LogP contribution is -1.87. The number of fused-ring (bicyclic) bond motifs is 1. The van der Waals surface area contributed by atoms with Gasteiger partial charge >= 0.3 is 0 Å². The highest BCUT2D eigenvalue weighted by atomic mass is 19.2. The maximum absolute atomic E-state index is 13.6. The largest absolute Gasteiger partial charge is 0.504 e. The van der Waals surface area contributed by atoms with E-state index < -0.39 is 11.6 Å². The SMILES string of the molecule is COc1cccc(-c2nc3c(F)c(F)ccc3[nH]2)c1O. The summed E-state index contributed by atoms with van der Waals surface area (Å²) in [6, 6.07) is 7.26. The van der Waals surface area contributed by atoms with Crippen LogP contribution in [0.1, 0.15) is 0 Å². The average molecular weight is 276 g/mol. The predicted octanol–water partition coefficient (Wildman–Crippen LogP) is 3.22. The lowest BCUT2D eigenvalue weighted by molar-refractivity contribution is 0.374. The van der Waals surface area contributed by atoms with Crippen LogP contribution < -0.4 is 4.74 Å². The average Bonchev–Trinajstić information content (AvgIpc) is 2.88. The summed E-state index contributed by atoms with van der Waals surface area (Å²) in [6.07, 6.45) is 0. The van der Waals surface area contributed by atoms with Crippen molar-refractivity contribution in [2.24, 2.45) is 0 Å². The molecule has 1 aromatic heterocycles. The number of aromatic hydroxyl groups is 1. The Kier molecular flexibility index (Phi) is 2.78. The van der Waals surface area contributed by atoms with Crippen LogP contribution >= 0.6 is 0 Å². The van der Waals surface area contributed by atoms with E-state index >= 15 is 0 Å². The number of para-hydroxylation sites is 1. The van der Waals surface area contributed by atoms with Gasteiger partial charge in [-0.25, -0.2) is 13.8 Å². The molecule has 20 heavy (non-hydrogen) atoms. The molecule has 2 N–H and O–H groups in total. The molecule has 0 amide bonds. The Morgan fingerprint density at radius 3 is 2.75 bits per heavy atom. The Morgan fingerprint density at radius 1 is 1.20 bits per heavy atom. The van der Waals surface area contributed by atoms with Crippen molar-refractivity contribution in [3.63, 3.8) is 0 Å². The summed E-state index contributed by atoms with van der Waals surface area (Å²) in [7, 11) is 1.42. The number of methoxy groups -OCH3 is 1. The van der Waals surface area contributed by atoms with E-state index in [1.807, 2.05) is 0 Å². The zero-order valence-corrected chi connectivity index (χ0v) is 10.4. The van der Waals surface area contributed by atoms with Crippen molar-refractivity contribution in [2.45, 2.75) is 0 Å². The minimum Gasteiger partial charge on any atom is -0.504 e. The standard InChI is InChI=1S/C14H10F2N2O2/c1-20-10-4-2-3-7(13(10)19)14-17-9-6-5-8(15)11(16)12(9)18-14/h2-6,19H,1H3,(H,17,18). The molecule has 3 rings (SSSR count). The predicted molar refractivity (Wildman–Crippen MR) is 69.7 cm³/mol. The van der Waals surface area contributed by atoms with Gasteiger partial charge in [-0.15, -0.1) is 0 Å². The Balaban J connectivity index is 2.23. The fourth-order valence-corrected chi connectivity index (χ4v) is 2.02. The van der Waals surface area contributed by atoms with Crippen LogP contribution in [0, 0.1) is 11.6 Å². The zero-order valence-electron chi connectivity index (χ0n) is 10.4. The maximum atomic E-state index is 13.6. The number of H-pyrrole nitrogens is 1. The molecule has 0 unspecified atom stereocenters. The van der Waals surface area contributed by atoms with Crippen LogP contribution in [0.2, 0.25) is 0 Å². The Labute approximate surface area is 112 Å². The van der Waals surface area contributed by atoms with Crippen molar-refractivity contribution >= 4 is 11.0 Å². The Morgan fingerprint density at radius 2 is 2.00 bits per heavy atom. The number of nitrogens with one attached hydrogen (secondary N) is 1. The number of imidazole rings is 1. The number of hydrogen-bond acceptors (Lipinski definition) is 3. The molecule has 0 spiro atoms. The minimum atomic E-state index is -1.02. The molecule has 6 heteroatoms. The lowest BCUT2D eigenvalue weighted by atomic mass is 10.2. The quantitative estimate of drug-likeness (QED) is 0.755. The van der Waals surface area contributed by atoms with E-state index in [0.717, 1.165) is 6.07 Å². The van der Waals surface area contributed by atoms with Gasteiger partial charge in [0.05, 0.1) is 18.2 Å². The molecular weight excluding hydrogens is 266 g/mol. The Bertz CT molecular complexity index is 799. The summed E-state index contributed by atoms with van der Waals surface area (Å²) in [5.74, 6) is -1.59. The number of ether oxygens (including phenoxy) is 1. The highest BCUT2D eigenvalue weighted by molar-refractivity contribution is 5.81. The van der Waals surface area contributed by atoms with Gasteiger partial charge in [0.1, 0.15) is 11.3 Å². The number of halogens is 2. The van der Waals surface area contributed by atoms with E-state index in [0.29, 0.717) is 11.1 Å². The number of benzene rings is 2. The third-order valence-electron chi connectivity index (χ3n) is 3.02. The van der Waals surface area contributed by atoms with Gasteiger partial charge in [-0.05, 0) is 24.3 Å². The van der Waals surface area contributed by atoms with Crippen LogP contribution in [0.25, 0.3) is 22.4 Å². The topological polar surface area (TPSA) is 58.1 Å². The lowest BCUT2D eigenvalue weighted by Gasteiger charge is -2.06. The molecule has 0 atom stereocenters. The van der Waals surface area contributed by atoms with Crippen molar-refractivity contribution in [3.8, 4) is 22.9 Å². The molecule has 0 aliphatic carbocycles. The number of nitrogens with zero attached hydrogens (tertiary/aromatic N) is 1. The van der Waals surface area contributed by atoms with Crippen LogP contribution in [0.15, 0.2) is 30.3 Å². The number of phenolic OH excluding ortho intramolecular Hbond substituents is 1. The van der Waals surface area contributed by atoms with Gasteiger partial charge in [0.15, 0.2) is 23.1 Å². The molecule has 3 aromatic rings. The van der Waals surface area contributed by atoms with Crippen molar-refractivity contribution in [3.05, 3.63) is 42.0 Å². The van der Waals surface area contributed by atoms with Crippen molar-refractivity contribution in [2.75, 3.05) is 7.11 Å². The molecular formula is C14H10F2N2O2. The molecule has 0 aliphatic rings. The van der Waals surface area contributed by atoms with Crippen molar-refractivity contribution < 1.29 is 18.6 Å². The molecule has 0 aliphatic heterocycles. The van der Waals surface area contributed by atoms with Crippen LogP contribution in [0.3, 0.4) is 0 Å². The van der Waals surface area contributed by atoms with Crippen LogP contribution in [-0.4, -0.2) is 22.2 Å². The summed E-state index contributed by atoms with van der Waals surface area (Å²) in [5.41, 5.74) is 0.587. The van der Waals surface area contributed by atoms with Gasteiger partial charge in [0, 0.05) is 0 Å². The van der Waals surface area contributed by atoms with E-state index in [1.165, 1.54) is 13.2 Å². The number of aromatic amines is 1. The molecule has 0 bridgehead atoms. The summed E-state index contributed by atoms with van der Waals surface area (Å²) in [5, 5.41) is 10.0. The maximum Gasteiger partial charge on any atom is 0.186 e. The first-order valence-corrected chi connectivity index (χ1v) is 5.82. The molecule has 102 valence electrons. The van der Waals surface area contributed by atoms with Crippen LogP contribution in [0.4, 0.5) is 8.78 Å². The smallest absolute Gasteiger partial charge is 0.186 e. The van der Waals surface area contributed by atoms with Crippen LogP contribution in [-0.2, 0) is 0 Å². The van der Waals surface area contributed by atoms with E-state index in [1.54, 1.807) is 18.2 Å². The molecule has 0 saturated carbocycles. The number of phenols is 1. The van der Waals surface area contributed by atoms with Crippen LogP contribution in [0.5, 0.6) is 11.5 Å². The van der Waals surface area contributed by atoms with E-state index in [-0.39, 0.29) is 22.8 Å². The normalized spacial score (nSPS) is 10.9. The van der Waals surface area contributed by atoms with E-state index in [2.05, 4.69) is 9.97 Å². The molecule has 2 aromatic carbocycles. The monoisotopic (exact) mass is 276 g/mol. The van der Waals surface area contributed by atoms with Gasteiger partial charge < -0.3 is 14.8 Å². The van der Waals surface area contributed by atoms with Gasteiger partial charge in [-0.1, -0.05) is 6.07 Å². The summed E-state index contributed by atoms with van der Waals surface area (Å²) in [4.78, 5) is 6.83. The first kappa shape index (κ1) is 12.4. The minimum absolute atomic E-state index is 0.109. The van der Waals surface area contributed by atoms with E-state index in [9.17, 15) is 13.9 Å². The summed E-state index contributed by atoms with van der Waals surface area (Å²) in [6.45, 7) is 0. The van der Waals surface area contributed by atoms with Gasteiger partial charge in [-0.3, -0.25) is 0 Å². The fraction of sp³-hybridized carbons (Fsp3) is 0.0714. The zero-order chi connectivity index (χ0) is 14.3. The van der Waals surface area contributed by atoms with Crippen molar-refractivity contribution in [1.82, 2.24) is 9.97 Å². The first-order valence-electron chi connectivity index (χ1n) is 5.82. The molecule has 0 saturated heterocycles.